The molecule has 16 heavy (non-hydrogen) atoms. The lowest BCUT2D eigenvalue weighted by Crippen LogP contribution is -2.24. The van der Waals surface area contributed by atoms with Crippen LogP contribution in [0.4, 0.5) is 13.2 Å². The lowest BCUT2D eigenvalue weighted by atomic mass is 9.92. The Bertz CT molecular complexity index is 379. The van der Waals surface area contributed by atoms with E-state index in [1.807, 2.05) is 0 Å². The molecule has 2 atom stereocenters. The van der Waals surface area contributed by atoms with E-state index in [0.717, 1.165) is 0 Å². The fraction of sp³-hybridized carbons (Fsp3) is 0.545. The molecule has 0 aromatic heterocycles. The van der Waals surface area contributed by atoms with E-state index in [9.17, 15) is 18.0 Å². The Balaban J connectivity index is 2.37. The van der Waals surface area contributed by atoms with E-state index in [2.05, 4.69) is 0 Å². The molecule has 0 saturated carbocycles. The van der Waals surface area contributed by atoms with E-state index in [0.29, 0.717) is 6.42 Å². The minimum atomic E-state index is -4.48. The molecule has 2 aliphatic rings. The molecule has 0 amide bonds. The first-order valence-corrected chi connectivity index (χ1v) is 5.13. The summed E-state index contributed by atoms with van der Waals surface area (Å²) in [6.07, 6.45) is -2.81. The summed E-state index contributed by atoms with van der Waals surface area (Å²) < 4.78 is 43.3. The fourth-order valence-corrected chi connectivity index (χ4v) is 2.07. The molecule has 2 aliphatic heterocycles. The van der Waals surface area contributed by atoms with Crippen molar-refractivity contribution in [1.82, 2.24) is 0 Å². The predicted octanol–water partition coefficient (Wildman–Crippen LogP) is 2.55. The zero-order valence-electron chi connectivity index (χ0n) is 8.67. The molecular formula is C11H11F3O2. The number of halogens is 3. The van der Waals surface area contributed by atoms with Crippen molar-refractivity contribution in [1.29, 1.82) is 0 Å². The lowest BCUT2D eigenvalue weighted by Gasteiger charge is -2.15. The molecular weight excluding hydrogens is 221 g/mol. The van der Waals surface area contributed by atoms with Gasteiger partial charge in [-0.05, 0) is 6.42 Å². The maximum Gasteiger partial charge on any atom is 0.415 e. The SMILES string of the molecule is CCCC(=O)C1=C(C(F)(F)F)C2C=CC1O2. The first kappa shape index (κ1) is 11.4. The van der Waals surface area contributed by atoms with Gasteiger partial charge in [-0.2, -0.15) is 13.2 Å². The molecule has 5 heteroatoms. The Kier molecular flexibility index (Phi) is 2.66. The van der Waals surface area contributed by atoms with Gasteiger partial charge in [-0.1, -0.05) is 19.1 Å². The van der Waals surface area contributed by atoms with Gasteiger partial charge in [0.25, 0.3) is 0 Å². The molecule has 0 aromatic rings. The van der Waals surface area contributed by atoms with Gasteiger partial charge in [0, 0.05) is 12.0 Å². The number of fused-ring (bicyclic) bond motifs is 2. The molecule has 88 valence electrons. The van der Waals surface area contributed by atoms with E-state index >= 15 is 0 Å². The summed E-state index contributed by atoms with van der Waals surface area (Å²) in [7, 11) is 0. The first-order chi connectivity index (χ1) is 7.45. The van der Waals surface area contributed by atoms with E-state index in [1.165, 1.54) is 12.2 Å². The van der Waals surface area contributed by atoms with E-state index in [4.69, 9.17) is 4.74 Å². The van der Waals surface area contributed by atoms with Crippen LogP contribution in [0.5, 0.6) is 0 Å². The Morgan fingerprint density at radius 3 is 2.56 bits per heavy atom. The molecule has 0 N–H and O–H groups in total. The standard InChI is InChI=1S/C11H11F3O2/c1-2-3-6(15)9-7-4-5-8(16-7)10(9)11(12,13)14/h4-5,7-8H,2-3H2,1H3. The molecule has 2 nitrogen and oxygen atoms in total. The molecule has 0 fully saturated rings. The average molecular weight is 232 g/mol. The second-order valence-corrected chi connectivity index (χ2v) is 3.86. The third-order valence-electron chi connectivity index (χ3n) is 2.70. The molecule has 2 bridgehead atoms. The molecule has 0 aliphatic carbocycles. The molecule has 0 saturated heterocycles. The summed E-state index contributed by atoms with van der Waals surface area (Å²) in [6, 6.07) is 0. The highest BCUT2D eigenvalue weighted by molar-refractivity contribution is 5.98. The maximum atomic E-state index is 12.7. The van der Waals surface area contributed by atoms with E-state index < -0.39 is 29.7 Å². The number of rotatable bonds is 3. The van der Waals surface area contributed by atoms with Crippen LogP contribution in [0.15, 0.2) is 23.3 Å². The molecule has 2 unspecified atom stereocenters. The van der Waals surface area contributed by atoms with Crippen molar-refractivity contribution < 1.29 is 22.7 Å². The van der Waals surface area contributed by atoms with Crippen LogP contribution in [0.1, 0.15) is 19.8 Å². The monoisotopic (exact) mass is 232 g/mol. The van der Waals surface area contributed by atoms with E-state index in [-0.39, 0.29) is 12.0 Å². The summed E-state index contributed by atoms with van der Waals surface area (Å²) in [6.45, 7) is 1.76. The second kappa shape index (κ2) is 3.73. The Hall–Kier alpha value is -1.10. The van der Waals surface area contributed by atoms with Crippen LogP contribution in [0.2, 0.25) is 0 Å². The highest BCUT2D eigenvalue weighted by Crippen LogP contribution is 2.43. The smallest absolute Gasteiger partial charge is 0.357 e. The summed E-state index contributed by atoms with van der Waals surface area (Å²) >= 11 is 0. The summed E-state index contributed by atoms with van der Waals surface area (Å²) in [5.74, 6) is -0.452. The number of ether oxygens (including phenoxy) is 1. The highest BCUT2D eigenvalue weighted by Gasteiger charge is 2.50. The number of hydrogen-bond donors (Lipinski definition) is 0. The number of Topliss-reactive ketones (excluding diaryl/α,β-unsaturated/α-hetero) is 1. The second-order valence-electron chi connectivity index (χ2n) is 3.86. The Labute approximate surface area is 90.8 Å². The van der Waals surface area contributed by atoms with Crippen molar-refractivity contribution >= 4 is 5.78 Å². The molecule has 2 heterocycles. The van der Waals surface area contributed by atoms with E-state index in [1.54, 1.807) is 6.92 Å². The summed E-state index contributed by atoms with van der Waals surface area (Å²) in [5, 5.41) is 0. The van der Waals surface area contributed by atoms with Crippen molar-refractivity contribution in [2.45, 2.75) is 38.1 Å². The predicted molar refractivity (Wildman–Crippen MR) is 50.8 cm³/mol. The summed E-state index contributed by atoms with van der Waals surface area (Å²) in [5.41, 5.74) is -1.000. The van der Waals surface area contributed by atoms with Crippen molar-refractivity contribution in [3.05, 3.63) is 23.3 Å². The quantitative estimate of drug-likeness (QED) is 0.699. The van der Waals surface area contributed by atoms with Gasteiger partial charge in [0.05, 0.1) is 5.57 Å². The van der Waals surface area contributed by atoms with Gasteiger partial charge < -0.3 is 4.74 Å². The topological polar surface area (TPSA) is 26.3 Å². The van der Waals surface area contributed by atoms with Crippen molar-refractivity contribution in [3.63, 3.8) is 0 Å². The third-order valence-corrected chi connectivity index (χ3v) is 2.70. The number of carbonyl (C=O) groups is 1. The zero-order valence-corrected chi connectivity index (χ0v) is 8.67. The van der Waals surface area contributed by atoms with Crippen LogP contribution >= 0.6 is 0 Å². The highest BCUT2D eigenvalue weighted by atomic mass is 19.4. The number of ketones is 1. The lowest BCUT2D eigenvalue weighted by molar-refractivity contribution is -0.117. The van der Waals surface area contributed by atoms with Crippen LogP contribution < -0.4 is 0 Å². The van der Waals surface area contributed by atoms with Crippen molar-refractivity contribution in [2.75, 3.05) is 0 Å². The van der Waals surface area contributed by atoms with Crippen LogP contribution in [0, 0.1) is 0 Å². The molecule has 2 rings (SSSR count). The van der Waals surface area contributed by atoms with Gasteiger partial charge in [0.2, 0.25) is 0 Å². The van der Waals surface area contributed by atoms with Gasteiger partial charge in [-0.3, -0.25) is 4.79 Å². The van der Waals surface area contributed by atoms with Crippen molar-refractivity contribution in [2.24, 2.45) is 0 Å². The number of hydrogen-bond acceptors (Lipinski definition) is 2. The van der Waals surface area contributed by atoms with Gasteiger partial charge in [-0.25, -0.2) is 0 Å². The fourth-order valence-electron chi connectivity index (χ4n) is 2.07. The van der Waals surface area contributed by atoms with Gasteiger partial charge in [0.15, 0.2) is 5.78 Å². The summed E-state index contributed by atoms with van der Waals surface area (Å²) in [4.78, 5) is 11.6. The number of alkyl halides is 3. The molecule has 0 radical (unpaired) electrons. The third kappa shape index (κ3) is 1.69. The van der Waals surface area contributed by atoms with Gasteiger partial charge in [0.1, 0.15) is 12.2 Å². The van der Waals surface area contributed by atoms with Crippen LogP contribution in [-0.4, -0.2) is 24.2 Å². The Morgan fingerprint density at radius 2 is 2.00 bits per heavy atom. The number of carbonyl (C=O) groups excluding carboxylic acids is 1. The largest absolute Gasteiger partial charge is 0.415 e. The van der Waals surface area contributed by atoms with Gasteiger partial charge in [-0.15, -0.1) is 0 Å². The van der Waals surface area contributed by atoms with Crippen LogP contribution in [0.3, 0.4) is 0 Å². The Morgan fingerprint density at radius 1 is 1.38 bits per heavy atom. The first-order valence-electron chi connectivity index (χ1n) is 5.13. The van der Waals surface area contributed by atoms with Gasteiger partial charge >= 0.3 is 6.18 Å². The zero-order chi connectivity index (χ0) is 11.9. The molecule has 0 aromatic carbocycles. The van der Waals surface area contributed by atoms with Crippen molar-refractivity contribution in [3.8, 4) is 0 Å². The minimum Gasteiger partial charge on any atom is -0.357 e. The normalized spacial score (nSPS) is 28.0. The van der Waals surface area contributed by atoms with Crippen LogP contribution in [0.25, 0.3) is 0 Å². The van der Waals surface area contributed by atoms with Crippen LogP contribution in [-0.2, 0) is 9.53 Å². The maximum absolute atomic E-state index is 12.7. The average Bonchev–Trinajstić information content (AvgIpc) is 2.74. The minimum absolute atomic E-state index is 0.134. The molecule has 0 spiro atoms.